The van der Waals surface area contributed by atoms with Crippen molar-refractivity contribution in [2.24, 2.45) is 0 Å². The van der Waals surface area contributed by atoms with Crippen LogP contribution in [0.4, 0.5) is 0 Å². The van der Waals surface area contributed by atoms with Crippen LogP contribution in [0.1, 0.15) is 10.4 Å². The molecule has 4 nitrogen and oxygen atoms in total. The minimum atomic E-state index is 0.526. The molecule has 0 aliphatic rings. The predicted molar refractivity (Wildman–Crippen MR) is 58.1 cm³/mol. The number of aromatic nitrogens is 1. The number of benzene rings is 1. The van der Waals surface area contributed by atoms with Gasteiger partial charge in [0.05, 0.1) is 18.9 Å². The van der Waals surface area contributed by atoms with E-state index in [-0.39, 0.29) is 0 Å². The van der Waals surface area contributed by atoms with Crippen LogP contribution in [0.25, 0.3) is 10.2 Å². The first kappa shape index (κ1) is 9.92. The largest absolute Gasteiger partial charge is 0.494 e. The highest BCUT2D eigenvalue weighted by Gasteiger charge is 2.12. The molecular weight excluding hydrogens is 214 g/mol. The van der Waals surface area contributed by atoms with E-state index in [1.165, 1.54) is 11.3 Å². The summed E-state index contributed by atoms with van der Waals surface area (Å²) in [6.07, 6.45) is 0.805. The summed E-state index contributed by atoms with van der Waals surface area (Å²) in [4.78, 5) is 15.0. The summed E-state index contributed by atoms with van der Waals surface area (Å²) in [5.74, 6) is 0.648. The summed E-state index contributed by atoms with van der Waals surface area (Å²) < 4.78 is 11.0. The van der Waals surface area contributed by atoms with Crippen molar-refractivity contribution in [3.63, 3.8) is 0 Å². The normalized spacial score (nSPS) is 10.3. The van der Waals surface area contributed by atoms with Gasteiger partial charge in [-0.25, -0.2) is 0 Å². The fourth-order valence-corrected chi connectivity index (χ4v) is 2.20. The van der Waals surface area contributed by atoms with E-state index >= 15 is 0 Å². The Hall–Kier alpha value is -1.62. The number of aldehydes is 1. The summed E-state index contributed by atoms with van der Waals surface area (Å²) >= 11 is 1.33. The van der Waals surface area contributed by atoms with E-state index in [2.05, 4.69) is 4.98 Å². The first-order valence-corrected chi connectivity index (χ1v) is 5.08. The van der Waals surface area contributed by atoms with Crippen LogP contribution in [0.3, 0.4) is 0 Å². The molecule has 15 heavy (non-hydrogen) atoms. The van der Waals surface area contributed by atoms with Crippen LogP contribution in [0, 0.1) is 0 Å². The molecular formula is C10H9NO3S. The molecule has 78 valence electrons. The molecule has 2 aromatic rings. The molecule has 1 heterocycles. The number of thiazole rings is 1. The zero-order chi connectivity index (χ0) is 10.8. The number of hydrogen-bond acceptors (Lipinski definition) is 5. The second-order valence-corrected chi connectivity index (χ2v) is 3.80. The van der Waals surface area contributed by atoms with Crippen molar-refractivity contribution in [2.45, 2.75) is 0 Å². The molecule has 5 heteroatoms. The minimum absolute atomic E-state index is 0.526. The fraction of sp³-hybridized carbons (Fsp3) is 0.200. The van der Waals surface area contributed by atoms with Crippen molar-refractivity contribution in [1.82, 2.24) is 4.98 Å². The molecule has 0 radical (unpaired) electrons. The second-order valence-electron chi connectivity index (χ2n) is 2.84. The molecule has 0 aliphatic heterocycles. The van der Waals surface area contributed by atoms with Crippen molar-refractivity contribution >= 4 is 27.8 Å². The van der Waals surface area contributed by atoms with Crippen molar-refractivity contribution < 1.29 is 14.3 Å². The van der Waals surface area contributed by atoms with Crippen molar-refractivity contribution in [3.8, 4) is 10.9 Å². The van der Waals surface area contributed by atoms with Gasteiger partial charge in [-0.15, -0.1) is 0 Å². The van der Waals surface area contributed by atoms with Gasteiger partial charge in [0, 0.05) is 5.56 Å². The fourth-order valence-electron chi connectivity index (χ4n) is 1.33. The Kier molecular flexibility index (Phi) is 2.55. The summed E-state index contributed by atoms with van der Waals surface area (Å²) in [6.45, 7) is 0. The van der Waals surface area contributed by atoms with Crippen LogP contribution in [0.5, 0.6) is 10.9 Å². The third-order valence-corrected chi connectivity index (χ3v) is 3.10. The lowest BCUT2D eigenvalue weighted by atomic mass is 10.2. The Morgan fingerprint density at radius 3 is 2.73 bits per heavy atom. The lowest BCUT2D eigenvalue weighted by Crippen LogP contribution is -1.87. The van der Waals surface area contributed by atoms with E-state index in [0.717, 1.165) is 11.0 Å². The average Bonchev–Trinajstić information content (AvgIpc) is 2.71. The Labute approximate surface area is 90.5 Å². The molecule has 0 bridgehead atoms. The summed E-state index contributed by atoms with van der Waals surface area (Å²) in [5, 5.41) is 0.526. The predicted octanol–water partition coefficient (Wildman–Crippen LogP) is 2.13. The van der Waals surface area contributed by atoms with Gasteiger partial charge in [-0.05, 0) is 12.1 Å². The molecule has 2 rings (SSSR count). The van der Waals surface area contributed by atoms with Gasteiger partial charge in [0.1, 0.15) is 11.3 Å². The third-order valence-electron chi connectivity index (χ3n) is 2.04. The Balaban J connectivity index is 2.77. The van der Waals surface area contributed by atoms with E-state index < -0.39 is 0 Å². The lowest BCUT2D eigenvalue weighted by Gasteiger charge is -2.00. The lowest BCUT2D eigenvalue weighted by molar-refractivity contribution is 0.112. The number of hydrogen-bond donors (Lipinski definition) is 0. The monoisotopic (exact) mass is 223 g/mol. The van der Waals surface area contributed by atoms with Crippen molar-refractivity contribution in [2.75, 3.05) is 14.2 Å². The number of methoxy groups -OCH3 is 2. The van der Waals surface area contributed by atoms with Crippen molar-refractivity contribution in [3.05, 3.63) is 17.7 Å². The number of ether oxygens (including phenoxy) is 2. The Morgan fingerprint density at radius 2 is 2.13 bits per heavy atom. The molecule has 0 spiro atoms. The molecule has 0 unspecified atom stereocenters. The molecule has 0 saturated carbocycles. The number of nitrogens with zero attached hydrogens (tertiary/aromatic N) is 1. The molecule has 0 amide bonds. The highest BCUT2D eigenvalue weighted by Crippen LogP contribution is 2.35. The maximum Gasteiger partial charge on any atom is 0.274 e. The van der Waals surface area contributed by atoms with Crippen LogP contribution >= 0.6 is 11.3 Å². The zero-order valence-electron chi connectivity index (χ0n) is 8.31. The molecule has 1 aromatic heterocycles. The number of fused-ring (bicyclic) bond motifs is 1. The van der Waals surface area contributed by atoms with Crippen LogP contribution in [-0.4, -0.2) is 25.5 Å². The number of rotatable bonds is 3. The van der Waals surface area contributed by atoms with E-state index in [1.807, 2.05) is 0 Å². The smallest absolute Gasteiger partial charge is 0.274 e. The molecule has 1 aromatic carbocycles. The van der Waals surface area contributed by atoms with Gasteiger partial charge < -0.3 is 9.47 Å². The number of carbonyl (C=O) groups is 1. The maximum atomic E-state index is 10.8. The van der Waals surface area contributed by atoms with Gasteiger partial charge in [-0.1, -0.05) is 11.3 Å². The minimum Gasteiger partial charge on any atom is -0.494 e. The van der Waals surface area contributed by atoms with Crippen LogP contribution in [-0.2, 0) is 0 Å². The van der Waals surface area contributed by atoms with E-state index in [1.54, 1.807) is 26.4 Å². The SMILES string of the molecule is COc1nc2c(OC)ccc(C=O)c2s1. The van der Waals surface area contributed by atoms with E-state index in [9.17, 15) is 4.79 Å². The summed E-state index contributed by atoms with van der Waals surface area (Å²) in [6, 6.07) is 3.44. The quantitative estimate of drug-likeness (QED) is 0.748. The van der Waals surface area contributed by atoms with E-state index in [4.69, 9.17) is 9.47 Å². The van der Waals surface area contributed by atoms with Gasteiger partial charge >= 0.3 is 0 Å². The maximum absolute atomic E-state index is 10.8. The second kappa shape index (κ2) is 3.86. The van der Waals surface area contributed by atoms with E-state index in [0.29, 0.717) is 22.0 Å². The highest BCUT2D eigenvalue weighted by atomic mass is 32.1. The molecule has 0 fully saturated rings. The molecule has 0 saturated heterocycles. The number of carbonyl (C=O) groups excluding carboxylic acids is 1. The summed E-state index contributed by atoms with van der Waals surface area (Å²) in [5.41, 5.74) is 1.27. The topological polar surface area (TPSA) is 48.4 Å². The molecule has 0 aliphatic carbocycles. The standard InChI is InChI=1S/C10H9NO3S/c1-13-7-4-3-6(5-12)9-8(7)11-10(14-2)15-9/h3-5H,1-2H3. The third kappa shape index (κ3) is 1.55. The highest BCUT2D eigenvalue weighted by molar-refractivity contribution is 7.20. The Bertz CT molecular complexity index is 507. The van der Waals surface area contributed by atoms with Gasteiger partial charge in [-0.2, -0.15) is 4.98 Å². The first-order chi connectivity index (χ1) is 7.30. The van der Waals surface area contributed by atoms with Gasteiger partial charge in [0.2, 0.25) is 0 Å². The molecule has 0 N–H and O–H groups in total. The van der Waals surface area contributed by atoms with Gasteiger partial charge in [0.15, 0.2) is 6.29 Å². The van der Waals surface area contributed by atoms with Crippen molar-refractivity contribution in [1.29, 1.82) is 0 Å². The van der Waals surface area contributed by atoms with Crippen LogP contribution in [0.2, 0.25) is 0 Å². The Morgan fingerprint density at radius 1 is 1.33 bits per heavy atom. The summed E-state index contributed by atoms with van der Waals surface area (Å²) in [7, 11) is 3.12. The molecule has 0 atom stereocenters. The first-order valence-electron chi connectivity index (χ1n) is 4.27. The van der Waals surface area contributed by atoms with Gasteiger partial charge in [0.25, 0.3) is 5.19 Å². The van der Waals surface area contributed by atoms with Crippen LogP contribution < -0.4 is 9.47 Å². The zero-order valence-corrected chi connectivity index (χ0v) is 9.13. The average molecular weight is 223 g/mol. The van der Waals surface area contributed by atoms with Gasteiger partial charge in [-0.3, -0.25) is 4.79 Å². The van der Waals surface area contributed by atoms with Crippen LogP contribution in [0.15, 0.2) is 12.1 Å².